The van der Waals surface area contributed by atoms with Crippen LogP contribution in [0, 0.1) is 6.92 Å². The molecule has 3 rings (SSSR count). The maximum Gasteiger partial charge on any atom is 0.261 e. The number of halogens is 1. The Balaban J connectivity index is 1.72. The minimum Gasteiger partial charge on any atom is -0.326 e. The molecule has 1 aromatic heterocycles. The Morgan fingerprint density at radius 3 is 2.88 bits per heavy atom. The molecule has 0 bridgehead atoms. The topological polar surface area (TPSA) is 64.0 Å². The number of hydrogen-bond donors (Lipinski definition) is 1. The first-order valence-corrected chi connectivity index (χ1v) is 8.33. The van der Waals surface area contributed by atoms with Crippen LogP contribution >= 0.6 is 15.9 Å². The monoisotopic (exact) mass is 385 g/mol. The summed E-state index contributed by atoms with van der Waals surface area (Å²) in [7, 11) is 0. The zero-order chi connectivity index (χ0) is 17.1. The highest BCUT2D eigenvalue weighted by Gasteiger charge is 2.07. The van der Waals surface area contributed by atoms with Gasteiger partial charge in [0.25, 0.3) is 5.56 Å². The number of hydrogen-bond acceptors (Lipinski definition) is 3. The van der Waals surface area contributed by atoms with Gasteiger partial charge in [0.1, 0.15) is 0 Å². The van der Waals surface area contributed by atoms with Crippen molar-refractivity contribution < 1.29 is 4.79 Å². The Hall–Kier alpha value is -2.47. The van der Waals surface area contributed by atoms with Gasteiger partial charge in [0.2, 0.25) is 5.91 Å². The van der Waals surface area contributed by atoms with E-state index in [1.54, 1.807) is 12.1 Å². The first-order valence-electron chi connectivity index (χ1n) is 7.54. The van der Waals surface area contributed by atoms with Gasteiger partial charge in [-0.15, -0.1) is 0 Å². The SMILES string of the molecule is Cc1cccc(NC(=O)CCn2cnc3ccc(Br)cc3c2=O)c1. The molecule has 24 heavy (non-hydrogen) atoms. The number of benzene rings is 2. The average Bonchev–Trinajstić information content (AvgIpc) is 2.55. The fourth-order valence-corrected chi connectivity index (χ4v) is 2.82. The molecule has 0 aliphatic carbocycles. The number of nitrogens with zero attached hydrogens (tertiary/aromatic N) is 2. The lowest BCUT2D eigenvalue weighted by Crippen LogP contribution is -2.23. The van der Waals surface area contributed by atoms with E-state index in [-0.39, 0.29) is 24.4 Å². The van der Waals surface area contributed by atoms with E-state index in [1.807, 2.05) is 37.3 Å². The van der Waals surface area contributed by atoms with Crippen LogP contribution < -0.4 is 10.9 Å². The summed E-state index contributed by atoms with van der Waals surface area (Å²) in [6.07, 6.45) is 1.69. The van der Waals surface area contributed by atoms with E-state index < -0.39 is 0 Å². The van der Waals surface area contributed by atoms with E-state index in [9.17, 15) is 9.59 Å². The predicted octanol–water partition coefficient (Wildman–Crippen LogP) is 3.50. The highest BCUT2D eigenvalue weighted by Crippen LogP contribution is 2.15. The van der Waals surface area contributed by atoms with Crippen molar-refractivity contribution in [1.82, 2.24) is 9.55 Å². The molecule has 0 aliphatic heterocycles. The molecule has 0 fully saturated rings. The molecule has 3 aromatic rings. The summed E-state index contributed by atoms with van der Waals surface area (Å²) in [6.45, 7) is 2.25. The third-order valence-corrected chi connectivity index (χ3v) is 4.16. The summed E-state index contributed by atoms with van der Waals surface area (Å²) >= 11 is 3.36. The summed E-state index contributed by atoms with van der Waals surface area (Å²) in [5, 5.41) is 3.37. The Labute approximate surface area is 147 Å². The summed E-state index contributed by atoms with van der Waals surface area (Å²) in [6, 6.07) is 13.0. The fraction of sp³-hybridized carbons (Fsp3) is 0.167. The van der Waals surface area contributed by atoms with Crippen LogP contribution in [-0.2, 0) is 11.3 Å². The molecule has 0 unspecified atom stereocenters. The predicted molar refractivity (Wildman–Crippen MR) is 98.1 cm³/mol. The minimum atomic E-state index is -0.148. The molecule has 5 nitrogen and oxygen atoms in total. The molecule has 1 N–H and O–H groups in total. The molecule has 0 atom stereocenters. The van der Waals surface area contributed by atoms with Crippen LogP contribution in [-0.4, -0.2) is 15.5 Å². The summed E-state index contributed by atoms with van der Waals surface area (Å²) in [5.74, 6) is -0.137. The van der Waals surface area contributed by atoms with E-state index in [0.29, 0.717) is 10.9 Å². The molecule has 1 amide bonds. The normalized spacial score (nSPS) is 10.8. The number of amides is 1. The van der Waals surface area contributed by atoms with Gasteiger partial charge in [-0.05, 0) is 42.8 Å². The summed E-state index contributed by atoms with van der Waals surface area (Å²) < 4.78 is 2.29. The van der Waals surface area contributed by atoms with Crippen molar-refractivity contribution in [3.8, 4) is 0 Å². The maximum atomic E-state index is 12.5. The highest BCUT2D eigenvalue weighted by molar-refractivity contribution is 9.10. The molecular weight excluding hydrogens is 370 g/mol. The lowest BCUT2D eigenvalue weighted by atomic mass is 10.2. The molecular formula is C18H16BrN3O2. The first-order chi connectivity index (χ1) is 11.5. The lowest BCUT2D eigenvalue weighted by molar-refractivity contribution is -0.116. The second-order valence-corrected chi connectivity index (χ2v) is 6.49. The largest absolute Gasteiger partial charge is 0.326 e. The molecule has 1 heterocycles. The Morgan fingerprint density at radius 2 is 2.08 bits per heavy atom. The van der Waals surface area contributed by atoms with Crippen LogP contribution in [0.4, 0.5) is 5.69 Å². The fourth-order valence-electron chi connectivity index (χ4n) is 2.46. The summed E-state index contributed by atoms with van der Waals surface area (Å²) in [5.41, 5.74) is 2.33. The molecule has 2 aromatic carbocycles. The molecule has 0 aliphatic rings. The third kappa shape index (κ3) is 3.71. The smallest absolute Gasteiger partial charge is 0.261 e. The molecule has 0 saturated carbocycles. The number of aromatic nitrogens is 2. The number of aryl methyl sites for hydroxylation is 2. The van der Waals surface area contributed by atoms with Gasteiger partial charge >= 0.3 is 0 Å². The zero-order valence-corrected chi connectivity index (χ0v) is 14.7. The standard InChI is InChI=1S/C18H16BrN3O2/c1-12-3-2-4-14(9-12)21-17(23)7-8-22-11-20-16-6-5-13(19)10-15(16)18(22)24/h2-6,9-11H,7-8H2,1H3,(H,21,23). The van der Waals surface area contributed by atoms with E-state index in [0.717, 1.165) is 15.7 Å². The van der Waals surface area contributed by atoms with Gasteiger partial charge in [-0.2, -0.15) is 0 Å². The van der Waals surface area contributed by atoms with Crippen molar-refractivity contribution in [2.75, 3.05) is 5.32 Å². The van der Waals surface area contributed by atoms with Gasteiger partial charge in [-0.3, -0.25) is 14.2 Å². The second kappa shape index (κ2) is 6.97. The van der Waals surface area contributed by atoms with Gasteiger partial charge in [-0.1, -0.05) is 28.1 Å². The van der Waals surface area contributed by atoms with Crippen molar-refractivity contribution in [2.45, 2.75) is 19.9 Å². The second-order valence-electron chi connectivity index (χ2n) is 5.57. The van der Waals surface area contributed by atoms with Crippen LogP contribution in [0.3, 0.4) is 0 Å². The van der Waals surface area contributed by atoms with Crippen LogP contribution in [0.1, 0.15) is 12.0 Å². The van der Waals surface area contributed by atoms with Gasteiger partial charge in [0.15, 0.2) is 0 Å². The van der Waals surface area contributed by atoms with Crippen molar-refractivity contribution in [2.24, 2.45) is 0 Å². The Morgan fingerprint density at radius 1 is 1.25 bits per heavy atom. The first kappa shape index (κ1) is 16.4. The number of carbonyl (C=O) groups is 1. The van der Waals surface area contributed by atoms with Crippen molar-refractivity contribution in [1.29, 1.82) is 0 Å². The maximum absolute atomic E-state index is 12.5. The molecule has 6 heteroatoms. The van der Waals surface area contributed by atoms with Gasteiger partial charge in [0.05, 0.1) is 17.2 Å². The zero-order valence-electron chi connectivity index (χ0n) is 13.1. The van der Waals surface area contributed by atoms with Crippen molar-refractivity contribution in [3.05, 3.63) is 69.2 Å². The number of nitrogens with one attached hydrogen (secondary N) is 1. The lowest BCUT2D eigenvalue weighted by Gasteiger charge is -2.08. The van der Waals surface area contributed by atoms with Crippen LogP contribution in [0.5, 0.6) is 0 Å². The van der Waals surface area contributed by atoms with Crippen LogP contribution in [0.2, 0.25) is 0 Å². The molecule has 0 radical (unpaired) electrons. The van der Waals surface area contributed by atoms with Crippen molar-refractivity contribution >= 4 is 38.4 Å². The third-order valence-electron chi connectivity index (χ3n) is 3.67. The highest BCUT2D eigenvalue weighted by atomic mass is 79.9. The number of fused-ring (bicyclic) bond motifs is 1. The van der Waals surface area contributed by atoms with Crippen LogP contribution in [0.25, 0.3) is 10.9 Å². The number of carbonyl (C=O) groups excluding carboxylic acids is 1. The molecule has 122 valence electrons. The number of anilines is 1. The summed E-state index contributed by atoms with van der Waals surface area (Å²) in [4.78, 5) is 28.8. The average molecular weight is 386 g/mol. The number of rotatable bonds is 4. The molecule has 0 saturated heterocycles. The molecule has 0 spiro atoms. The van der Waals surface area contributed by atoms with Crippen molar-refractivity contribution in [3.63, 3.8) is 0 Å². The van der Waals surface area contributed by atoms with Gasteiger partial charge < -0.3 is 5.32 Å². The quantitative estimate of drug-likeness (QED) is 0.747. The van der Waals surface area contributed by atoms with E-state index in [2.05, 4.69) is 26.2 Å². The van der Waals surface area contributed by atoms with E-state index in [4.69, 9.17) is 0 Å². The minimum absolute atomic E-state index is 0.137. The van der Waals surface area contributed by atoms with E-state index in [1.165, 1.54) is 10.9 Å². The Bertz CT molecular complexity index is 966. The van der Waals surface area contributed by atoms with Gasteiger partial charge in [0, 0.05) is 23.1 Å². The van der Waals surface area contributed by atoms with Crippen LogP contribution in [0.15, 0.2) is 58.1 Å². The van der Waals surface area contributed by atoms with E-state index >= 15 is 0 Å². The van der Waals surface area contributed by atoms with Gasteiger partial charge in [-0.25, -0.2) is 4.98 Å². The Kier molecular flexibility index (Phi) is 4.76.